The highest BCUT2D eigenvalue weighted by molar-refractivity contribution is 5.45. The molecule has 1 fully saturated rings. The van der Waals surface area contributed by atoms with Gasteiger partial charge in [0.15, 0.2) is 0 Å². The van der Waals surface area contributed by atoms with Crippen molar-refractivity contribution in [1.29, 1.82) is 0 Å². The SMILES string of the molecule is CCCc1cc(C)c(O)c(C2CCCCC2)c1. The van der Waals surface area contributed by atoms with Gasteiger partial charge < -0.3 is 5.11 Å². The van der Waals surface area contributed by atoms with Crippen molar-refractivity contribution in [3.8, 4) is 5.75 Å². The van der Waals surface area contributed by atoms with Crippen molar-refractivity contribution in [1.82, 2.24) is 0 Å². The molecule has 1 N–H and O–H groups in total. The second-order valence-corrected chi connectivity index (χ2v) is 5.44. The summed E-state index contributed by atoms with van der Waals surface area (Å²) in [4.78, 5) is 0. The maximum Gasteiger partial charge on any atom is 0.121 e. The van der Waals surface area contributed by atoms with Crippen LogP contribution in [0.4, 0.5) is 0 Å². The fraction of sp³-hybridized carbons (Fsp3) is 0.625. The highest BCUT2D eigenvalue weighted by Gasteiger charge is 2.20. The minimum Gasteiger partial charge on any atom is -0.507 e. The van der Waals surface area contributed by atoms with Crippen molar-refractivity contribution < 1.29 is 5.11 Å². The Morgan fingerprint density at radius 3 is 2.53 bits per heavy atom. The lowest BCUT2D eigenvalue weighted by Gasteiger charge is -2.24. The molecule has 2 rings (SSSR count). The number of benzene rings is 1. The summed E-state index contributed by atoms with van der Waals surface area (Å²) in [6.07, 6.45) is 8.81. The number of phenolic OH excluding ortho intramolecular Hbond substituents is 1. The topological polar surface area (TPSA) is 20.2 Å². The van der Waals surface area contributed by atoms with Gasteiger partial charge in [0, 0.05) is 0 Å². The Balaban J connectivity index is 2.29. The molecule has 1 aliphatic carbocycles. The van der Waals surface area contributed by atoms with Gasteiger partial charge in [0.25, 0.3) is 0 Å². The summed E-state index contributed by atoms with van der Waals surface area (Å²) in [6.45, 7) is 4.24. The number of phenols is 1. The summed E-state index contributed by atoms with van der Waals surface area (Å²) in [5.74, 6) is 1.15. The van der Waals surface area contributed by atoms with Crippen molar-refractivity contribution in [2.75, 3.05) is 0 Å². The van der Waals surface area contributed by atoms with Gasteiger partial charge in [0.1, 0.15) is 5.75 Å². The first-order valence-corrected chi connectivity index (χ1v) is 7.04. The van der Waals surface area contributed by atoms with Crippen LogP contribution in [0.25, 0.3) is 0 Å². The Morgan fingerprint density at radius 2 is 1.88 bits per heavy atom. The van der Waals surface area contributed by atoms with Gasteiger partial charge in [-0.2, -0.15) is 0 Å². The largest absolute Gasteiger partial charge is 0.507 e. The average molecular weight is 232 g/mol. The molecule has 17 heavy (non-hydrogen) atoms. The number of rotatable bonds is 3. The molecule has 0 spiro atoms. The third-order valence-corrected chi connectivity index (χ3v) is 3.97. The zero-order chi connectivity index (χ0) is 12.3. The number of hydrogen-bond acceptors (Lipinski definition) is 1. The summed E-state index contributed by atoms with van der Waals surface area (Å²) in [5, 5.41) is 10.2. The van der Waals surface area contributed by atoms with Crippen molar-refractivity contribution in [3.63, 3.8) is 0 Å². The molecular weight excluding hydrogens is 208 g/mol. The molecule has 1 saturated carbocycles. The van der Waals surface area contributed by atoms with Crippen LogP contribution >= 0.6 is 0 Å². The lowest BCUT2D eigenvalue weighted by Crippen LogP contribution is -2.06. The Labute approximate surface area is 105 Å². The number of aromatic hydroxyl groups is 1. The third kappa shape index (κ3) is 2.83. The molecule has 1 aliphatic rings. The quantitative estimate of drug-likeness (QED) is 0.800. The molecule has 0 radical (unpaired) electrons. The second kappa shape index (κ2) is 5.57. The van der Waals surface area contributed by atoms with Crippen LogP contribution in [0, 0.1) is 6.92 Å². The molecule has 0 heterocycles. The summed E-state index contributed by atoms with van der Waals surface area (Å²) in [6, 6.07) is 4.40. The molecule has 0 atom stereocenters. The van der Waals surface area contributed by atoms with E-state index in [1.807, 2.05) is 6.92 Å². The lowest BCUT2D eigenvalue weighted by atomic mass is 9.82. The standard InChI is InChI=1S/C16H24O/c1-3-7-13-10-12(2)16(17)15(11-13)14-8-5-4-6-9-14/h10-11,14,17H,3-9H2,1-2H3. The molecule has 1 nitrogen and oxygen atoms in total. The fourth-order valence-electron chi connectivity index (χ4n) is 3.04. The van der Waals surface area contributed by atoms with E-state index < -0.39 is 0 Å². The fourth-order valence-corrected chi connectivity index (χ4v) is 3.04. The van der Waals surface area contributed by atoms with E-state index in [2.05, 4.69) is 19.1 Å². The number of aryl methyl sites for hydroxylation is 2. The van der Waals surface area contributed by atoms with Crippen molar-refractivity contribution in [2.24, 2.45) is 0 Å². The first-order chi connectivity index (χ1) is 8.22. The molecule has 1 aromatic carbocycles. The van der Waals surface area contributed by atoms with Crippen LogP contribution in [0.5, 0.6) is 5.75 Å². The normalized spacial score (nSPS) is 17.3. The third-order valence-electron chi connectivity index (χ3n) is 3.97. The van der Waals surface area contributed by atoms with Gasteiger partial charge in [-0.3, -0.25) is 0 Å². The van der Waals surface area contributed by atoms with E-state index in [4.69, 9.17) is 0 Å². The van der Waals surface area contributed by atoms with Crippen LogP contribution in [0.3, 0.4) is 0 Å². The maximum absolute atomic E-state index is 10.2. The summed E-state index contributed by atoms with van der Waals surface area (Å²) < 4.78 is 0. The van der Waals surface area contributed by atoms with E-state index in [0.29, 0.717) is 11.7 Å². The maximum atomic E-state index is 10.2. The smallest absolute Gasteiger partial charge is 0.121 e. The highest BCUT2D eigenvalue weighted by Crippen LogP contribution is 2.39. The zero-order valence-electron chi connectivity index (χ0n) is 11.1. The highest BCUT2D eigenvalue weighted by atomic mass is 16.3. The molecule has 1 aromatic rings. The Hall–Kier alpha value is -0.980. The molecule has 94 valence electrons. The van der Waals surface area contributed by atoms with E-state index in [1.165, 1.54) is 49.7 Å². The van der Waals surface area contributed by atoms with Crippen LogP contribution in [-0.4, -0.2) is 5.11 Å². The van der Waals surface area contributed by atoms with Gasteiger partial charge in [-0.25, -0.2) is 0 Å². The lowest BCUT2D eigenvalue weighted by molar-refractivity contribution is 0.412. The minimum atomic E-state index is 0.553. The predicted molar refractivity (Wildman–Crippen MR) is 72.7 cm³/mol. The molecule has 0 saturated heterocycles. The van der Waals surface area contributed by atoms with E-state index >= 15 is 0 Å². The zero-order valence-corrected chi connectivity index (χ0v) is 11.1. The van der Waals surface area contributed by atoms with Gasteiger partial charge in [-0.15, -0.1) is 0 Å². The molecule has 0 amide bonds. The molecule has 1 heteroatoms. The van der Waals surface area contributed by atoms with Crippen molar-refractivity contribution in [2.45, 2.75) is 64.7 Å². The van der Waals surface area contributed by atoms with E-state index in [0.717, 1.165) is 12.0 Å². The van der Waals surface area contributed by atoms with Crippen LogP contribution in [0.1, 0.15) is 68.1 Å². The van der Waals surface area contributed by atoms with Gasteiger partial charge in [0.05, 0.1) is 0 Å². The Morgan fingerprint density at radius 1 is 1.18 bits per heavy atom. The van der Waals surface area contributed by atoms with E-state index in [1.54, 1.807) is 0 Å². The van der Waals surface area contributed by atoms with Crippen LogP contribution in [0.15, 0.2) is 12.1 Å². The minimum absolute atomic E-state index is 0.553. The van der Waals surface area contributed by atoms with Gasteiger partial charge in [0.2, 0.25) is 0 Å². The first kappa shape index (κ1) is 12.5. The Kier molecular flexibility index (Phi) is 4.09. The van der Waals surface area contributed by atoms with Crippen molar-refractivity contribution in [3.05, 3.63) is 28.8 Å². The second-order valence-electron chi connectivity index (χ2n) is 5.44. The Bertz CT molecular complexity index is 375. The predicted octanol–water partition coefficient (Wildman–Crippen LogP) is 4.70. The molecule has 0 aromatic heterocycles. The molecule has 0 aliphatic heterocycles. The molecule has 0 unspecified atom stereocenters. The first-order valence-electron chi connectivity index (χ1n) is 7.04. The van der Waals surface area contributed by atoms with Gasteiger partial charge in [-0.1, -0.05) is 44.7 Å². The van der Waals surface area contributed by atoms with Crippen LogP contribution in [-0.2, 0) is 6.42 Å². The van der Waals surface area contributed by atoms with E-state index in [-0.39, 0.29) is 0 Å². The van der Waals surface area contributed by atoms with Gasteiger partial charge in [-0.05, 0) is 48.8 Å². The number of hydrogen-bond donors (Lipinski definition) is 1. The average Bonchev–Trinajstić information content (AvgIpc) is 2.35. The monoisotopic (exact) mass is 232 g/mol. The van der Waals surface area contributed by atoms with Crippen LogP contribution in [0.2, 0.25) is 0 Å². The summed E-state index contributed by atoms with van der Waals surface area (Å²) >= 11 is 0. The molecule has 0 bridgehead atoms. The molecular formula is C16H24O. The van der Waals surface area contributed by atoms with Crippen LogP contribution < -0.4 is 0 Å². The summed E-state index contributed by atoms with van der Waals surface area (Å²) in [7, 11) is 0. The van der Waals surface area contributed by atoms with Crippen molar-refractivity contribution >= 4 is 0 Å². The summed E-state index contributed by atoms with van der Waals surface area (Å²) in [5.41, 5.74) is 3.66. The van der Waals surface area contributed by atoms with Gasteiger partial charge >= 0.3 is 0 Å². The van der Waals surface area contributed by atoms with E-state index in [9.17, 15) is 5.11 Å².